The van der Waals surface area contributed by atoms with E-state index in [-0.39, 0.29) is 6.04 Å². The number of sulfonamides is 1. The molecule has 0 bridgehead atoms. The minimum Gasteiger partial charge on any atom is -0.313 e. The van der Waals surface area contributed by atoms with Gasteiger partial charge in [0.2, 0.25) is 10.0 Å². The smallest absolute Gasteiger partial charge is 0.244 e. The van der Waals surface area contributed by atoms with Crippen LogP contribution in [0.2, 0.25) is 0 Å². The Kier molecular flexibility index (Phi) is 5.64. The third-order valence-corrected chi connectivity index (χ3v) is 6.86. The van der Waals surface area contributed by atoms with E-state index in [1.54, 1.807) is 22.5 Å². The highest BCUT2D eigenvalue weighted by molar-refractivity contribution is 9.11. The molecule has 1 aromatic rings. The zero-order valence-corrected chi connectivity index (χ0v) is 15.3. The number of halogens is 2. The molecule has 1 aliphatic rings. The van der Waals surface area contributed by atoms with Crippen LogP contribution < -0.4 is 5.32 Å². The fourth-order valence-electron chi connectivity index (χ4n) is 2.38. The van der Waals surface area contributed by atoms with Gasteiger partial charge in [0.1, 0.15) is 0 Å². The van der Waals surface area contributed by atoms with Gasteiger partial charge in [-0.1, -0.05) is 22.9 Å². The van der Waals surface area contributed by atoms with E-state index >= 15 is 0 Å². The van der Waals surface area contributed by atoms with Gasteiger partial charge < -0.3 is 5.32 Å². The quantitative estimate of drug-likeness (QED) is 0.788. The number of benzene rings is 1. The van der Waals surface area contributed by atoms with E-state index in [1.807, 2.05) is 6.92 Å². The first-order chi connectivity index (χ1) is 9.45. The molecule has 0 aromatic heterocycles. The van der Waals surface area contributed by atoms with Gasteiger partial charge in [-0.2, -0.15) is 4.31 Å². The van der Waals surface area contributed by atoms with Crippen molar-refractivity contribution in [3.63, 3.8) is 0 Å². The van der Waals surface area contributed by atoms with Crippen LogP contribution in [-0.2, 0) is 10.0 Å². The summed E-state index contributed by atoms with van der Waals surface area (Å²) in [6.07, 6.45) is 2.15. The van der Waals surface area contributed by atoms with E-state index in [4.69, 9.17) is 0 Å². The molecular formula is C13H18Br2N2O2S. The van der Waals surface area contributed by atoms with Crippen molar-refractivity contribution in [2.45, 2.75) is 30.7 Å². The first-order valence-corrected chi connectivity index (χ1v) is 9.66. The third-order valence-electron chi connectivity index (χ3n) is 3.45. The van der Waals surface area contributed by atoms with Crippen molar-refractivity contribution in [3.05, 3.63) is 27.1 Å². The fourth-order valence-corrected chi connectivity index (χ4v) is 5.58. The van der Waals surface area contributed by atoms with E-state index in [0.29, 0.717) is 22.5 Å². The van der Waals surface area contributed by atoms with E-state index in [9.17, 15) is 8.42 Å². The molecule has 1 unspecified atom stereocenters. The molecule has 0 aliphatic carbocycles. The zero-order valence-electron chi connectivity index (χ0n) is 11.3. The lowest BCUT2D eigenvalue weighted by Gasteiger charge is -2.24. The molecular weight excluding hydrogens is 408 g/mol. The van der Waals surface area contributed by atoms with Crippen LogP contribution in [0, 0.1) is 0 Å². The summed E-state index contributed by atoms with van der Waals surface area (Å²) in [6.45, 7) is 3.86. The number of hydrogen-bond donors (Lipinski definition) is 1. The first kappa shape index (κ1) is 16.4. The number of nitrogens with one attached hydrogen (secondary N) is 1. The Balaban J connectivity index is 2.26. The van der Waals surface area contributed by atoms with E-state index in [2.05, 4.69) is 37.2 Å². The summed E-state index contributed by atoms with van der Waals surface area (Å²) < 4.78 is 28.5. The van der Waals surface area contributed by atoms with Crippen LogP contribution in [0.3, 0.4) is 0 Å². The van der Waals surface area contributed by atoms with Crippen molar-refractivity contribution < 1.29 is 8.42 Å². The molecule has 112 valence electrons. The molecule has 4 nitrogen and oxygen atoms in total. The van der Waals surface area contributed by atoms with E-state index < -0.39 is 10.0 Å². The van der Waals surface area contributed by atoms with Crippen LogP contribution in [0.4, 0.5) is 0 Å². The normalized spacial score (nSPS) is 19.7. The lowest BCUT2D eigenvalue weighted by Crippen LogP contribution is -2.41. The van der Waals surface area contributed by atoms with Gasteiger partial charge in [-0.25, -0.2) is 8.42 Å². The molecule has 0 radical (unpaired) electrons. The molecule has 7 heteroatoms. The summed E-state index contributed by atoms with van der Waals surface area (Å²) in [5, 5.41) is 3.34. The van der Waals surface area contributed by atoms with Gasteiger partial charge in [0.15, 0.2) is 0 Å². The highest BCUT2D eigenvalue weighted by Gasteiger charge is 2.28. The van der Waals surface area contributed by atoms with Gasteiger partial charge in [-0.3, -0.25) is 0 Å². The van der Waals surface area contributed by atoms with Gasteiger partial charge >= 0.3 is 0 Å². The van der Waals surface area contributed by atoms with Crippen molar-refractivity contribution in [2.75, 3.05) is 19.6 Å². The maximum absolute atomic E-state index is 12.7. The standard InChI is InChI=1S/C13H18Br2N2O2S/c1-2-17(9-11-4-3-7-16-11)20(18,19)13-6-5-10(14)8-12(13)15/h5-6,8,11,16H,2-4,7,9H2,1H3. The maximum Gasteiger partial charge on any atom is 0.244 e. The summed E-state index contributed by atoms with van der Waals surface area (Å²) in [5.41, 5.74) is 0. The molecule has 2 rings (SSSR count). The van der Waals surface area contributed by atoms with Crippen LogP contribution in [0.5, 0.6) is 0 Å². The average Bonchev–Trinajstić information content (AvgIpc) is 2.88. The molecule has 0 spiro atoms. The summed E-state index contributed by atoms with van der Waals surface area (Å²) in [7, 11) is -3.46. The van der Waals surface area contributed by atoms with Crippen LogP contribution >= 0.6 is 31.9 Å². The summed E-state index contributed by atoms with van der Waals surface area (Å²) in [4.78, 5) is 0.320. The van der Waals surface area contributed by atoms with Crippen LogP contribution in [0.15, 0.2) is 32.0 Å². The Morgan fingerprint density at radius 2 is 2.15 bits per heavy atom. The van der Waals surface area contributed by atoms with Crippen LogP contribution in [0.25, 0.3) is 0 Å². The van der Waals surface area contributed by atoms with Crippen molar-refractivity contribution in [1.29, 1.82) is 0 Å². The maximum atomic E-state index is 12.7. The lowest BCUT2D eigenvalue weighted by molar-refractivity contribution is 0.382. The monoisotopic (exact) mass is 424 g/mol. The highest BCUT2D eigenvalue weighted by Crippen LogP contribution is 2.28. The summed E-state index contributed by atoms with van der Waals surface area (Å²) in [6, 6.07) is 5.40. The number of likely N-dealkylation sites (N-methyl/N-ethyl adjacent to an activating group) is 1. The first-order valence-electron chi connectivity index (χ1n) is 6.63. The zero-order chi connectivity index (χ0) is 14.8. The third kappa shape index (κ3) is 3.62. The van der Waals surface area contributed by atoms with E-state index in [0.717, 1.165) is 23.9 Å². The van der Waals surface area contributed by atoms with Crippen LogP contribution in [0.1, 0.15) is 19.8 Å². The number of nitrogens with zero attached hydrogens (tertiary/aromatic N) is 1. The number of hydrogen-bond acceptors (Lipinski definition) is 3. The largest absolute Gasteiger partial charge is 0.313 e. The Morgan fingerprint density at radius 3 is 2.70 bits per heavy atom. The van der Waals surface area contributed by atoms with Gasteiger partial charge in [0.25, 0.3) is 0 Å². The molecule has 1 N–H and O–H groups in total. The van der Waals surface area contributed by atoms with Gasteiger partial charge in [-0.15, -0.1) is 0 Å². The summed E-state index contributed by atoms with van der Waals surface area (Å²) in [5.74, 6) is 0. The molecule has 1 fully saturated rings. The van der Waals surface area contributed by atoms with Crippen molar-refractivity contribution in [3.8, 4) is 0 Å². The topological polar surface area (TPSA) is 49.4 Å². The van der Waals surface area contributed by atoms with Crippen LogP contribution in [-0.4, -0.2) is 38.4 Å². The summed E-state index contributed by atoms with van der Waals surface area (Å²) >= 11 is 6.68. The molecule has 0 amide bonds. The van der Waals surface area contributed by atoms with Gasteiger partial charge in [0, 0.05) is 28.1 Å². The van der Waals surface area contributed by atoms with Gasteiger partial charge in [0.05, 0.1) is 4.90 Å². The van der Waals surface area contributed by atoms with E-state index in [1.165, 1.54) is 0 Å². The minimum absolute atomic E-state index is 0.263. The predicted molar refractivity (Wildman–Crippen MR) is 87.3 cm³/mol. The second-order valence-electron chi connectivity index (χ2n) is 4.82. The Morgan fingerprint density at radius 1 is 1.40 bits per heavy atom. The molecule has 1 atom stereocenters. The van der Waals surface area contributed by atoms with Crippen molar-refractivity contribution >= 4 is 41.9 Å². The average molecular weight is 426 g/mol. The number of rotatable bonds is 5. The SMILES string of the molecule is CCN(CC1CCCN1)S(=O)(=O)c1ccc(Br)cc1Br. The molecule has 20 heavy (non-hydrogen) atoms. The Hall–Kier alpha value is 0.0500. The molecule has 1 aliphatic heterocycles. The Labute approximate surface area is 137 Å². The lowest BCUT2D eigenvalue weighted by atomic mass is 10.2. The molecule has 0 saturated carbocycles. The minimum atomic E-state index is -3.46. The predicted octanol–water partition coefficient (Wildman–Crippen LogP) is 2.97. The second-order valence-corrected chi connectivity index (χ2v) is 8.50. The molecule has 1 saturated heterocycles. The highest BCUT2D eigenvalue weighted by atomic mass is 79.9. The second kappa shape index (κ2) is 6.87. The molecule has 1 aromatic carbocycles. The molecule has 1 heterocycles. The van der Waals surface area contributed by atoms with Crippen molar-refractivity contribution in [1.82, 2.24) is 9.62 Å². The van der Waals surface area contributed by atoms with Gasteiger partial charge in [-0.05, 0) is 53.5 Å². The van der Waals surface area contributed by atoms with Crippen molar-refractivity contribution in [2.24, 2.45) is 0 Å². The Bertz CT molecular complexity index is 572. The fraction of sp³-hybridized carbons (Fsp3) is 0.538.